The van der Waals surface area contributed by atoms with E-state index in [2.05, 4.69) is 15.5 Å². The van der Waals surface area contributed by atoms with Crippen LogP contribution in [0.1, 0.15) is 15.9 Å². The van der Waals surface area contributed by atoms with E-state index in [1.54, 1.807) is 49.7 Å². The van der Waals surface area contributed by atoms with E-state index in [9.17, 15) is 4.79 Å². The Labute approximate surface area is 183 Å². The summed E-state index contributed by atoms with van der Waals surface area (Å²) in [6.07, 6.45) is 1.68. The zero-order valence-corrected chi connectivity index (χ0v) is 17.5. The third-order valence-electron chi connectivity index (χ3n) is 4.36. The van der Waals surface area contributed by atoms with E-state index in [0.717, 1.165) is 16.8 Å². The number of carbonyl (C=O) groups excluding carboxylic acids is 1. The number of rotatable bonds is 7. The van der Waals surface area contributed by atoms with E-state index in [1.807, 2.05) is 47.8 Å². The number of anilines is 1. The molecule has 0 saturated carbocycles. The van der Waals surface area contributed by atoms with Crippen LogP contribution in [0.15, 0.2) is 89.3 Å². The summed E-state index contributed by atoms with van der Waals surface area (Å²) in [6, 6.07) is 23.8. The summed E-state index contributed by atoms with van der Waals surface area (Å²) in [7, 11) is 1.58. The van der Waals surface area contributed by atoms with Crippen molar-refractivity contribution in [3.63, 3.8) is 0 Å². The van der Waals surface area contributed by atoms with Crippen molar-refractivity contribution < 1.29 is 14.3 Å². The molecule has 6 nitrogen and oxygen atoms in total. The fourth-order valence-electron chi connectivity index (χ4n) is 2.74. The van der Waals surface area contributed by atoms with Gasteiger partial charge in [0.2, 0.25) is 5.13 Å². The molecule has 0 fully saturated rings. The lowest BCUT2D eigenvalue weighted by molar-refractivity contribution is 0.0734. The fourth-order valence-corrected chi connectivity index (χ4v) is 3.41. The molecule has 3 aromatic carbocycles. The standard InChI is InChI=1S/C24H19N3O3S/c1-29-20-13-9-19(10-14-20)23(28)30-21-11-7-17(8-12-21)15-25-27-24-26-22(16-31-24)18-5-3-2-4-6-18/h2-16H,1H3,(H,26,27)/b25-15-. The number of carbonyl (C=O) groups is 1. The molecule has 0 radical (unpaired) electrons. The van der Waals surface area contributed by atoms with Crippen molar-refractivity contribution in [1.82, 2.24) is 4.98 Å². The molecule has 1 aromatic heterocycles. The lowest BCUT2D eigenvalue weighted by Gasteiger charge is -2.05. The first-order chi connectivity index (χ1) is 15.2. The molecule has 31 heavy (non-hydrogen) atoms. The first-order valence-corrected chi connectivity index (χ1v) is 10.4. The molecule has 0 aliphatic rings. The third kappa shape index (κ3) is 5.34. The average Bonchev–Trinajstić information content (AvgIpc) is 3.30. The second-order valence-corrected chi connectivity index (χ2v) is 7.32. The van der Waals surface area contributed by atoms with Gasteiger partial charge in [0, 0.05) is 10.9 Å². The minimum absolute atomic E-state index is 0.427. The number of ether oxygens (including phenoxy) is 2. The van der Waals surface area contributed by atoms with Gasteiger partial charge >= 0.3 is 5.97 Å². The van der Waals surface area contributed by atoms with Crippen LogP contribution in [-0.4, -0.2) is 24.3 Å². The van der Waals surface area contributed by atoms with Crippen molar-refractivity contribution in [2.24, 2.45) is 5.10 Å². The van der Waals surface area contributed by atoms with Gasteiger partial charge in [-0.1, -0.05) is 30.3 Å². The Morgan fingerprint density at radius 2 is 1.68 bits per heavy atom. The predicted octanol–water partition coefficient (Wildman–Crippen LogP) is 5.48. The molecule has 0 amide bonds. The van der Waals surface area contributed by atoms with Crippen molar-refractivity contribution in [1.29, 1.82) is 0 Å². The van der Waals surface area contributed by atoms with Gasteiger partial charge in [-0.15, -0.1) is 11.3 Å². The minimum atomic E-state index is -0.427. The van der Waals surface area contributed by atoms with Gasteiger partial charge in [0.1, 0.15) is 11.5 Å². The molecule has 0 saturated heterocycles. The SMILES string of the molecule is COc1ccc(C(=O)Oc2ccc(/C=N\Nc3nc(-c4ccccc4)cs3)cc2)cc1. The lowest BCUT2D eigenvalue weighted by atomic mass is 10.2. The summed E-state index contributed by atoms with van der Waals surface area (Å²) in [5.41, 5.74) is 6.23. The monoisotopic (exact) mass is 429 g/mol. The van der Waals surface area contributed by atoms with E-state index in [-0.39, 0.29) is 0 Å². The lowest BCUT2D eigenvalue weighted by Crippen LogP contribution is -2.08. The van der Waals surface area contributed by atoms with Gasteiger partial charge in [0.25, 0.3) is 0 Å². The van der Waals surface area contributed by atoms with Gasteiger partial charge in [0.15, 0.2) is 0 Å². The number of aromatic nitrogens is 1. The summed E-state index contributed by atoms with van der Waals surface area (Å²) in [5, 5.41) is 6.92. The molecular weight excluding hydrogens is 410 g/mol. The number of hydrogen-bond donors (Lipinski definition) is 1. The van der Waals surface area contributed by atoms with Crippen molar-refractivity contribution in [2.75, 3.05) is 12.5 Å². The maximum Gasteiger partial charge on any atom is 0.343 e. The highest BCUT2D eigenvalue weighted by Gasteiger charge is 2.08. The second-order valence-electron chi connectivity index (χ2n) is 6.46. The predicted molar refractivity (Wildman–Crippen MR) is 123 cm³/mol. The largest absolute Gasteiger partial charge is 0.497 e. The Morgan fingerprint density at radius 3 is 2.39 bits per heavy atom. The number of nitrogens with one attached hydrogen (secondary N) is 1. The quantitative estimate of drug-likeness (QED) is 0.182. The zero-order chi connectivity index (χ0) is 21.5. The van der Waals surface area contributed by atoms with Crippen LogP contribution in [0.3, 0.4) is 0 Å². The van der Waals surface area contributed by atoms with Crippen LogP contribution >= 0.6 is 11.3 Å². The van der Waals surface area contributed by atoms with E-state index in [0.29, 0.717) is 22.2 Å². The normalized spacial score (nSPS) is 10.7. The number of hydrogen-bond acceptors (Lipinski definition) is 7. The second kappa shape index (κ2) is 9.69. The van der Waals surface area contributed by atoms with Crippen LogP contribution < -0.4 is 14.9 Å². The summed E-state index contributed by atoms with van der Waals surface area (Å²) in [5.74, 6) is 0.713. The van der Waals surface area contributed by atoms with E-state index in [1.165, 1.54) is 11.3 Å². The van der Waals surface area contributed by atoms with Crippen LogP contribution in [0, 0.1) is 0 Å². The molecular formula is C24H19N3O3S. The molecule has 0 unspecified atom stereocenters. The van der Waals surface area contributed by atoms with E-state index < -0.39 is 5.97 Å². The number of thiazole rings is 1. The Kier molecular flexibility index (Phi) is 6.35. The maximum atomic E-state index is 12.2. The Balaban J connectivity index is 1.32. The van der Waals surface area contributed by atoms with Gasteiger partial charge in [-0.05, 0) is 54.1 Å². The van der Waals surface area contributed by atoms with E-state index >= 15 is 0 Å². The molecule has 0 aliphatic carbocycles. The highest BCUT2D eigenvalue weighted by atomic mass is 32.1. The third-order valence-corrected chi connectivity index (χ3v) is 5.11. The first kappa shape index (κ1) is 20.3. The molecule has 154 valence electrons. The number of methoxy groups -OCH3 is 1. The Morgan fingerprint density at radius 1 is 0.968 bits per heavy atom. The molecule has 1 heterocycles. The average molecular weight is 430 g/mol. The molecule has 1 N–H and O–H groups in total. The summed E-state index contributed by atoms with van der Waals surface area (Å²) in [4.78, 5) is 16.8. The summed E-state index contributed by atoms with van der Waals surface area (Å²) in [6.45, 7) is 0. The Hall–Kier alpha value is -3.97. The topological polar surface area (TPSA) is 72.8 Å². The fraction of sp³-hybridized carbons (Fsp3) is 0.0417. The van der Waals surface area contributed by atoms with Crippen LogP contribution in [-0.2, 0) is 0 Å². The highest BCUT2D eigenvalue weighted by molar-refractivity contribution is 7.14. The molecule has 0 spiro atoms. The molecule has 0 atom stereocenters. The molecule has 0 bridgehead atoms. The number of esters is 1. The van der Waals surface area contributed by atoms with Crippen molar-refractivity contribution in [3.8, 4) is 22.8 Å². The molecule has 4 aromatic rings. The number of benzene rings is 3. The number of nitrogens with zero attached hydrogens (tertiary/aromatic N) is 2. The van der Waals surface area contributed by atoms with E-state index in [4.69, 9.17) is 9.47 Å². The Bertz CT molecular complexity index is 1170. The summed E-state index contributed by atoms with van der Waals surface area (Å²) >= 11 is 1.49. The smallest absolute Gasteiger partial charge is 0.343 e. The van der Waals surface area contributed by atoms with Crippen molar-refractivity contribution in [2.45, 2.75) is 0 Å². The van der Waals surface area contributed by atoms with Gasteiger partial charge < -0.3 is 9.47 Å². The molecule has 0 aliphatic heterocycles. The van der Waals surface area contributed by atoms with Crippen LogP contribution in [0.2, 0.25) is 0 Å². The highest BCUT2D eigenvalue weighted by Crippen LogP contribution is 2.24. The van der Waals surface area contributed by atoms with Gasteiger partial charge in [-0.25, -0.2) is 9.78 Å². The molecule has 7 heteroatoms. The van der Waals surface area contributed by atoms with Gasteiger partial charge in [-0.2, -0.15) is 5.10 Å². The van der Waals surface area contributed by atoms with Gasteiger partial charge in [-0.3, -0.25) is 5.43 Å². The van der Waals surface area contributed by atoms with Crippen LogP contribution in [0.25, 0.3) is 11.3 Å². The maximum absolute atomic E-state index is 12.2. The number of hydrazone groups is 1. The molecule has 4 rings (SSSR count). The zero-order valence-electron chi connectivity index (χ0n) is 16.7. The summed E-state index contributed by atoms with van der Waals surface area (Å²) < 4.78 is 10.5. The van der Waals surface area contributed by atoms with Crippen LogP contribution in [0.4, 0.5) is 5.13 Å². The van der Waals surface area contributed by atoms with Crippen molar-refractivity contribution >= 4 is 28.7 Å². The van der Waals surface area contributed by atoms with Crippen LogP contribution in [0.5, 0.6) is 11.5 Å². The minimum Gasteiger partial charge on any atom is -0.497 e. The van der Waals surface area contributed by atoms with Crippen molar-refractivity contribution in [3.05, 3.63) is 95.4 Å². The van der Waals surface area contributed by atoms with Gasteiger partial charge in [0.05, 0.1) is 24.6 Å². The first-order valence-electron chi connectivity index (χ1n) is 9.47.